The molecule has 1 heterocycles. The Kier molecular flexibility index (Phi) is 4.94. The molecule has 0 unspecified atom stereocenters. The van der Waals surface area contributed by atoms with Crippen molar-refractivity contribution in [3.8, 4) is 11.5 Å². The van der Waals surface area contributed by atoms with E-state index >= 15 is 0 Å². The average Bonchev–Trinajstić information content (AvgIpc) is 3.15. The predicted molar refractivity (Wildman–Crippen MR) is 111 cm³/mol. The highest BCUT2D eigenvalue weighted by Gasteiger charge is 2.18. The van der Waals surface area contributed by atoms with E-state index in [-0.39, 0.29) is 12.8 Å². The van der Waals surface area contributed by atoms with Crippen molar-refractivity contribution in [3.05, 3.63) is 89.5 Å². The van der Waals surface area contributed by atoms with Crippen molar-refractivity contribution in [2.24, 2.45) is 0 Å². The van der Waals surface area contributed by atoms with E-state index in [0.29, 0.717) is 5.11 Å². The van der Waals surface area contributed by atoms with E-state index in [9.17, 15) is 0 Å². The molecule has 0 spiro atoms. The first-order valence-electron chi connectivity index (χ1n) is 8.78. The SMILES string of the molecule is Cc1ccccc1[C@@H](NC(=S)Nc1ccc2c(c1)OCO2)c1ccccc1. The summed E-state index contributed by atoms with van der Waals surface area (Å²) in [4.78, 5) is 0. The van der Waals surface area contributed by atoms with Gasteiger partial charge in [-0.2, -0.15) is 0 Å². The van der Waals surface area contributed by atoms with Gasteiger partial charge in [-0.05, 0) is 48.0 Å². The topological polar surface area (TPSA) is 42.5 Å². The lowest BCUT2D eigenvalue weighted by atomic mass is 9.95. The van der Waals surface area contributed by atoms with Gasteiger partial charge in [0.15, 0.2) is 16.6 Å². The highest BCUT2D eigenvalue weighted by atomic mass is 32.1. The van der Waals surface area contributed by atoms with Gasteiger partial charge in [0.1, 0.15) is 0 Å². The van der Waals surface area contributed by atoms with Crippen LogP contribution in [-0.2, 0) is 0 Å². The van der Waals surface area contributed by atoms with Crippen LogP contribution in [0.5, 0.6) is 11.5 Å². The second-order valence-electron chi connectivity index (χ2n) is 6.37. The Balaban J connectivity index is 1.56. The molecule has 136 valence electrons. The van der Waals surface area contributed by atoms with E-state index in [1.54, 1.807) is 0 Å². The number of hydrogen-bond acceptors (Lipinski definition) is 3. The van der Waals surface area contributed by atoms with Gasteiger partial charge < -0.3 is 20.1 Å². The highest BCUT2D eigenvalue weighted by molar-refractivity contribution is 7.80. The third-order valence-electron chi connectivity index (χ3n) is 4.54. The van der Waals surface area contributed by atoms with E-state index in [2.05, 4.69) is 41.8 Å². The van der Waals surface area contributed by atoms with Crippen LogP contribution >= 0.6 is 12.2 Å². The second kappa shape index (κ2) is 7.68. The molecule has 0 radical (unpaired) electrons. The molecule has 5 heteroatoms. The van der Waals surface area contributed by atoms with Gasteiger partial charge in [0.05, 0.1) is 6.04 Å². The molecule has 2 N–H and O–H groups in total. The Labute approximate surface area is 164 Å². The van der Waals surface area contributed by atoms with Crippen LogP contribution < -0.4 is 20.1 Å². The van der Waals surface area contributed by atoms with Crippen LogP contribution in [-0.4, -0.2) is 11.9 Å². The molecule has 0 aliphatic carbocycles. The summed E-state index contributed by atoms with van der Waals surface area (Å²) < 4.78 is 10.8. The van der Waals surface area contributed by atoms with Crippen molar-refractivity contribution in [1.29, 1.82) is 0 Å². The van der Waals surface area contributed by atoms with Gasteiger partial charge in [0, 0.05) is 11.8 Å². The number of thiocarbonyl (C=S) groups is 1. The van der Waals surface area contributed by atoms with Crippen LogP contribution in [0.2, 0.25) is 0 Å². The summed E-state index contributed by atoms with van der Waals surface area (Å²) in [6, 6.07) is 24.3. The molecule has 1 atom stereocenters. The molecular formula is C22H20N2O2S. The highest BCUT2D eigenvalue weighted by Crippen LogP contribution is 2.34. The Hall–Kier alpha value is -3.05. The number of aryl methyl sites for hydroxylation is 1. The minimum atomic E-state index is -0.0404. The van der Waals surface area contributed by atoms with Crippen molar-refractivity contribution in [2.75, 3.05) is 12.1 Å². The second-order valence-corrected chi connectivity index (χ2v) is 6.78. The molecule has 4 rings (SSSR count). The minimum Gasteiger partial charge on any atom is -0.454 e. The molecule has 0 saturated heterocycles. The lowest BCUT2D eigenvalue weighted by molar-refractivity contribution is 0.174. The lowest BCUT2D eigenvalue weighted by Crippen LogP contribution is -2.33. The lowest BCUT2D eigenvalue weighted by Gasteiger charge is -2.23. The van der Waals surface area contributed by atoms with Gasteiger partial charge >= 0.3 is 0 Å². The van der Waals surface area contributed by atoms with Crippen LogP contribution in [0.25, 0.3) is 0 Å². The Morgan fingerprint density at radius 2 is 1.67 bits per heavy atom. The van der Waals surface area contributed by atoms with Gasteiger partial charge in [-0.25, -0.2) is 0 Å². The summed E-state index contributed by atoms with van der Waals surface area (Å²) in [6.45, 7) is 2.37. The van der Waals surface area contributed by atoms with Crippen LogP contribution in [0.1, 0.15) is 22.7 Å². The fourth-order valence-corrected chi connectivity index (χ4v) is 3.41. The maximum atomic E-state index is 5.59. The molecule has 27 heavy (non-hydrogen) atoms. The maximum Gasteiger partial charge on any atom is 0.231 e. The van der Waals surface area contributed by atoms with Crippen LogP contribution in [0.3, 0.4) is 0 Å². The molecule has 0 fully saturated rings. The summed E-state index contributed by atoms with van der Waals surface area (Å²) in [5.41, 5.74) is 4.42. The van der Waals surface area contributed by atoms with Gasteiger partial charge in [0.2, 0.25) is 6.79 Å². The van der Waals surface area contributed by atoms with E-state index in [1.165, 1.54) is 11.1 Å². The molecule has 1 aliphatic heterocycles. The number of anilines is 1. The van der Waals surface area contributed by atoms with Gasteiger partial charge in [0.25, 0.3) is 0 Å². The number of nitrogens with one attached hydrogen (secondary N) is 2. The zero-order chi connectivity index (χ0) is 18.6. The van der Waals surface area contributed by atoms with E-state index in [0.717, 1.165) is 22.7 Å². The molecule has 0 aromatic heterocycles. The van der Waals surface area contributed by atoms with Gasteiger partial charge in [-0.3, -0.25) is 0 Å². The first kappa shape index (κ1) is 17.4. The van der Waals surface area contributed by atoms with Crippen molar-refractivity contribution < 1.29 is 9.47 Å². The van der Waals surface area contributed by atoms with Crippen LogP contribution in [0.15, 0.2) is 72.8 Å². The fourth-order valence-electron chi connectivity index (χ4n) is 3.17. The molecular weight excluding hydrogens is 356 g/mol. The maximum absolute atomic E-state index is 5.59. The first-order valence-corrected chi connectivity index (χ1v) is 9.19. The predicted octanol–water partition coefficient (Wildman–Crippen LogP) is 4.80. The Morgan fingerprint density at radius 1 is 0.926 bits per heavy atom. The summed E-state index contributed by atoms with van der Waals surface area (Å²) in [6.07, 6.45) is 0. The minimum absolute atomic E-state index is 0.0404. The fraction of sp³-hybridized carbons (Fsp3) is 0.136. The van der Waals surface area contributed by atoms with Crippen LogP contribution in [0, 0.1) is 6.92 Å². The first-order chi connectivity index (χ1) is 13.2. The monoisotopic (exact) mass is 376 g/mol. The zero-order valence-electron chi connectivity index (χ0n) is 14.9. The number of hydrogen-bond donors (Lipinski definition) is 2. The van der Waals surface area contributed by atoms with E-state index in [4.69, 9.17) is 21.7 Å². The third kappa shape index (κ3) is 3.88. The van der Waals surface area contributed by atoms with Crippen molar-refractivity contribution >= 4 is 23.0 Å². The summed E-state index contributed by atoms with van der Waals surface area (Å²) in [5.74, 6) is 1.47. The summed E-state index contributed by atoms with van der Waals surface area (Å²) in [7, 11) is 0. The van der Waals surface area contributed by atoms with Gasteiger partial charge in [-0.15, -0.1) is 0 Å². The third-order valence-corrected chi connectivity index (χ3v) is 4.76. The van der Waals surface area contributed by atoms with E-state index in [1.807, 2.05) is 48.5 Å². The summed E-state index contributed by atoms with van der Waals surface area (Å²) >= 11 is 5.59. The van der Waals surface area contributed by atoms with Crippen molar-refractivity contribution in [2.45, 2.75) is 13.0 Å². The largest absolute Gasteiger partial charge is 0.454 e. The quantitative estimate of drug-likeness (QED) is 0.640. The number of fused-ring (bicyclic) bond motifs is 1. The van der Waals surface area contributed by atoms with Gasteiger partial charge in [-0.1, -0.05) is 54.6 Å². The molecule has 0 amide bonds. The van der Waals surface area contributed by atoms with Crippen LogP contribution in [0.4, 0.5) is 5.69 Å². The van der Waals surface area contributed by atoms with E-state index < -0.39 is 0 Å². The normalized spacial score (nSPS) is 13.1. The molecule has 0 saturated carbocycles. The smallest absolute Gasteiger partial charge is 0.231 e. The number of rotatable bonds is 4. The molecule has 1 aliphatic rings. The zero-order valence-corrected chi connectivity index (χ0v) is 15.8. The molecule has 4 nitrogen and oxygen atoms in total. The molecule has 3 aromatic carbocycles. The van der Waals surface area contributed by atoms with Crippen molar-refractivity contribution in [3.63, 3.8) is 0 Å². The number of ether oxygens (including phenoxy) is 2. The molecule has 3 aromatic rings. The number of benzene rings is 3. The Morgan fingerprint density at radius 3 is 2.48 bits per heavy atom. The molecule has 0 bridgehead atoms. The van der Waals surface area contributed by atoms with Crippen molar-refractivity contribution in [1.82, 2.24) is 5.32 Å². The standard InChI is InChI=1S/C22H20N2O2S/c1-15-7-5-6-10-18(15)21(16-8-3-2-4-9-16)24-22(27)23-17-11-12-19-20(13-17)26-14-25-19/h2-13,21H,14H2,1H3,(H2,23,24,27)/t21-/m0/s1. The summed E-state index contributed by atoms with van der Waals surface area (Å²) in [5, 5.41) is 7.25. The average molecular weight is 376 g/mol. The Bertz CT molecular complexity index is 960.